The molecule has 0 radical (unpaired) electrons. The third-order valence-electron chi connectivity index (χ3n) is 9.60. The third-order valence-corrected chi connectivity index (χ3v) is 9.60. The minimum Gasteiger partial charge on any atom is -0.493 e. The first-order valence-corrected chi connectivity index (χ1v) is 15.4. The summed E-state index contributed by atoms with van der Waals surface area (Å²) in [6.07, 6.45) is 6.01. The Labute approximate surface area is 249 Å². The summed E-state index contributed by atoms with van der Waals surface area (Å²) in [6, 6.07) is 10.7. The first-order valence-electron chi connectivity index (χ1n) is 15.4. The number of ether oxygens (including phenoxy) is 2. The lowest BCUT2D eigenvalue weighted by Crippen LogP contribution is -2.47. The second-order valence-electron chi connectivity index (χ2n) is 12.7. The molecule has 0 aromatic heterocycles. The van der Waals surface area contributed by atoms with Gasteiger partial charge in [-0.25, -0.2) is 0 Å². The molecule has 2 amide bonds. The molecule has 0 saturated heterocycles. The summed E-state index contributed by atoms with van der Waals surface area (Å²) in [6.45, 7) is 6.66. The zero-order valence-electron chi connectivity index (χ0n) is 25.4. The van der Waals surface area contributed by atoms with E-state index in [0.717, 1.165) is 49.7 Å². The number of carbonyl (C=O) groups excluding carboxylic acids is 2. The first-order chi connectivity index (χ1) is 20.1. The fourth-order valence-corrected chi connectivity index (χ4v) is 6.97. The number of amidine groups is 1. The van der Waals surface area contributed by atoms with Crippen LogP contribution in [0.5, 0.6) is 5.75 Å². The van der Waals surface area contributed by atoms with Crippen LogP contribution in [0.25, 0.3) is 0 Å². The van der Waals surface area contributed by atoms with Gasteiger partial charge in [0.25, 0.3) is 5.91 Å². The molecule has 2 aromatic carbocycles. The highest BCUT2D eigenvalue weighted by Gasteiger charge is 2.41. The molecule has 3 aliphatic rings. The monoisotopic (exact) mass is 575 g/mol. The molecular weight excluding hydrogens is 530 g/mol. The summed E-state index contributed by atoms with van der Waals surface area (Å²) in [5, 5.41) is 22.7. The van der Waals surface area contributed by atoms with Crippen LogP contribution in [0.15, 0.2) is 36.4 Å². The van der Waals surface area contributed by atoms with Crippen molar-refractivity contribution in [2.24, 2.45) is 11.3 Å². The summed E-state index contributed by atoms with van der Waals surface area (Å²) in [7, 11) is 1.62. The van der Waals surface area contributed by atoms with Crippen molar-refractivity contribution < 1.29 is 24.2 Å². The van der Waals surface area contributed by atoms with E-state index in [-0.39, 0.29) is 29.0 Å². The molecule has 1 aliphatic carbocycles. The van der Waals surface area contributed by atoms with Crippen LogP contribution in [0.1, 0.15) is 104 Å². The van der Waals surface area contributed by atoms with Gasteiger partial charge in [0.2, 0.25) is 5.91 Å². The van der Waals surface area contributed by atoms with Crippen LogP contribution in [0.4, 0.5) is 0 Å². The van der Waals surface area contributed by atoms with Crippen molar-refractivity contribution in [1.82, 2.24) is 10.2 Å². The van der Waals surface area contributed by atoms with Crippen molar-refractivity contribution in [2.45, 2.75) is 90.3 Å². The van der Waals surface area contributed by atoms with Crippen molar-refractivity contribution >= 4 is 17.6 Å². The van der Waals surface area contributed by atoms with Gasteiger partial charge < -0.3 is 19.9 Å². The number of aryl methyl sites for hydroxylation is 1. The standard InChI is InChI=1S/C34H45N3O5/c1-5-34(3)14-8-6-7-9-22-10-11-23-17-28(38)31(26(23)15-22)36-33(40)24-12-13-29-27(16-24)32(25(19-41-4)20-42-29)37(21(2)35)30(39)18-34/h10-13,15-16,25,28,31-32,35,38H,5-9,14,17-20H2,1-4H3,(H,36,40)/t25-,28-,31-,32-,34?/m1/s1. The molecule has 0 fully saturated rings. The highest BCUT2D eigenvalue weighted by molar-refractivity contribution is 5.97. The quantitative estimate of drug-likeness (QED) is 0.330. The number of methoxy groups -OCH3 is 1. The van der Waals surface area contributed by atoms with Crippen LogP contribution in [0.3, 0.4) is 0 Å². The van der Waals surface area contributed by atoms with Gasteiger partial charge in [-0.05, 0) is 66.5 Å². The number of rotatable bonds is 3. The van der Waals surface area contributed by atoms with E-state index in [9.17, 15) is 14.7 Å². The van der Waals surface area contributed by atoms with Crippen LogP contribution < -0.4 is 10.1 Å². The minimum atomic E-state index is -0.700. The topological polar surface area (TPSA) is 112 Å². The van der Waals surface area contributed by atoms with Gasteiger partial charge in [0.1, 0.15) is 5.75 Å². The molecule has 2 aromatic rings. The Morgan fingerprint density at radius 3 is 2.71 bits per heavy atom. The Morgan fingerprint density at radius 2 is 1.98 bits per heavy atom. The molecule has 0 spiro atoms. The lowest BCUT2D eigenvalue weighted by molar-refractivity contribution is -0.133. The minimum absolute atomic E-state index is 0.0868. The average Bonchev–Trinajstić information content (AvgIpc) is 3.27. The number of nitrogens with zero attached hydrogens (tertiary/aromatic N) is 1. The molecule has 5 rings (SSSR count). The van der Waals surface area contributed by atoms with Crippen molar-refractivity contribution in [1.29, 1.82) is 5.41 Å². The highest BCUT2D eigenvalue weighted by atomic mass is 16.5. The maximum absolute atomic E-state index is 14.1. The Bertz CT molecular complexity index is 1340. The number of fused-ring (bicyclic) bond motifs is 2. The molecule has 0 saturated carbocycles. The van der Waals surface area contributed by atoms with Gasteiger partial charge in [0.05, 0.1) is 37.2 Å². The summed E-state index contributed by atoms with van der Waals surface area (Å²) >= 11 is 0. The fourth-order valence-electron chi connectivity index (χ4n) is 6.97. The Hall–Kier alpha value is -3.23. The number of aliphatic hydroxyl groups excluding tert-OH is 1. The molecule has 5 atom stereocenters. The van der Waals surface area contributed by atoms with E-state index in [1.807, 2.05) is 0 Å². The number of hydrogen-bond acceptors (Lipinski definition) is 6. The zero-order chi connectivity index (χ0) is 30.0. The van der Waals surface area contributed by atoms with Gasteiger partial charge in [-0.3, -0.25) is 19.9 Å². The molecular formula is C34H45N3O5. The van der Waals surface area contributed by atoms with Gasteiger partial charge >= 0.3 is 0 Å². The summed E-state index contributed by atoms with van der Waals surface area (Å²) in [4.78, 5) is 29.4. The molecule has 226 valence electrons. The predicted octanol–water partition coefficient (Wildman–Crippen LogP) is 5.52. The first kappa shape index (κ1) is 30.2. The number of amides is 2. The lowest BCUT2D eigenvalue weighted by atomic mass is 9.78. The normalized spacial score (nSPS) is 28.3. The highest BCUT2D eigenvalue weighted by Crippen LogP contribution is 2.43. The van der Waals surface area contributed by atoms with Crippen LogP contribution in [0, 0.1) is 16.7 Å². The van der Waals surface area contributed by atoms with E-state index in [0.29, 0.717) is 42.9 Å². The third kappa shape index (κ3) is 6.11. The van der Waals surface area contributed by atoms with Gasteiger partial charge in [-0.2, -0.15) is 0 Å². The van der Waals surface area contributed by atoms with Crippen LogP contribution in [-0.4, -0.2) is 54.1 Å². The van der Waals surface area contributed by atoms with Gasteiger partial charge in [0.15, 0.2) is 0 Å². The number of nitrogens with one attached hydrogen (secondary N) is 2. The van der Waals surface area contributed by atoms with Crippen molar-refractivity contribution in [2.75, 3.05) is 20.3 Å². The van der Waals surface area contributed by atoms with Crippen LogP contribution >= 0.6 is 0 Å². The maximum atomic E-state index is 14.1. The van der Waals surface area contributed by atoms with E-state index < -0.39 is 18.2 Å². The van der Waals surface area contributed by atoms with Crippen LogP contribution in [0.2, 0.25) is 0 Å². The molecule has 42 heavy (non-hydrogen) atoms. The largest absolute Gasteiger partial charge is 0.493 e. The molecule has 2 aliphatic heterocycles. The van der Waals surface area contributed by atoms with E-state index >= 15 is 0 Å². The molecule has 8 heteroatoms. The summed E-state index contributed by atoms with van der Waals surface area (Å²) in [5.41, 5.74) is 4.20. The summed E-state index contributed by atoms with van der Waals surface area (Å²) < 4.78 is 11.6. The van der Waals surface area contributed by atoms with Crippen molar-refractivity contribution in [3.63, 3.8) is 0 Å². The number of carbonyl (C=O) groups is 2. The van der Waals surface area contributed by atoms with Gasteiger partial charge in [-0.15, -0.1) is 0 Å². The zero-order valence-corrected chi connectivity index (χ0v) is 25.4. The summed E-state index contributed by atoms with van der Waals surface area (Å²) in [5.74, 6) is 0.167. The average molecular weight is 576 g/mol. The van der Waals surface area contributed by atoms with E-state index in [1.54, 1.807) is 37.1 Å². The molecule has 1 unspecified atom stereocenters. The SMILES string of the molecule is CCC1(C)CCCCCc2ccc3c(c2)[C@@H](NC(=O)c2ccc4c(c2)[C@@H]([C@H](COC)CO4)N(C(C)=N)C(=O)C1)[C@H](O)C3. The predicted molar refractivity (Wildman–Crippen MR) is 162 cm³/mol. The molecule has 4 bridgehead atoms. The van der Waals surface area contributed by atoms with E-state index in [1.165, 1.54) is 5.56 Å². The van der Waals surface area contributed by atoms with Gasteiger partial charge in [0, 0.05) is 37.0 Å². The van der Waals surface area contributed by atoms with Crippen LogP contribution in [-0.2, 0) is 22.4 Å². The fraction of sp³-hybridized carbons (Fsp3) is 0.559. The second kappa shape index (κ2) is 12.6. The molecule has 3 N–H and O–H groups in total. The number of hydrogen-bond donors (Lipinski definition) is 3. The lowest BCUT2D eigenvalue weighted by Gasteiger charge is -2.41. The van der Waals surface area contributed by atoms with E-state index in [4.69, 9.17) is 14.9 Å². The van der Waals surface area contributed by atoms with Crippen molar-refractivity contribution in [3.8, 4) is 5.75 Å². The Morgan fingerprint density at radius 1 is 1.17 bits per heavy atom. The number of benzene rings is 2. The van der Waals surface area contributed by atoms with Crippen molar-refractivity contribution in [3.05, 3.63) is 64.2 Å². The second-order valence-corrected chi connectivity index (χ2v) is 12.7. The van der Waals surface area contributed by atoms with E-state index in [2.05, 4.69) is 37.4 Å². The Kier molecular flexibility index (Phi) is 9.04. The molecule has 8 nitrogen and oxygen atoms in total. The van der Waals surface area contributed by atoms with Gasteiger partial charge in [-0.1, -0.05) is 51.3 Å². The smallest absolute Gasteiger partial charge is 0.251 e. The number of aliphatic hydroxyl groups is 1. The maximum Gasteiger partial charge on any atom is 0.251 e. The Balaban J connectivity index is 1.58. The molecule has 2 heterocycles.